The highest BCUT2D eigenvalue weighted by Gasteiger charge is 2.14. The normalized spacial score (nSPS) is 14.8. The minimum atomic E-state index is 0.336. The van der Waals surface area contributed by atoms with Crippen molar-refractivity contribution in [3.63, 3.8) is 0 Å². The van der Waals surface area contributed by atoms with Gasteiger partial charge in [-0.3, -0.25) is 0 Å². The number of hydrogen-bond donors (Lipinski definition) is 1. The van der Waals surface area contributed by atoms with Gasteiger partial charge in [0.2, 0.25) is 0 Å². The first kappa shape index (κ1) is 14.6. The number of fused-ring (bicyclic) bond motifs is 1. The SMILES string of the molecule is CCc1cc(Br)ccc1NC(C)c1ccc2c(c1)CCC2. The molecule has 21 heavy (non-hydrogen) atoms. The Bertz CT molecular complexity index is 648. The Labute approximate surface area is 135 Å². The van der Waals surface area contributed by atoms with Crippen LogP contribution in [0.15, 0.2) is 40.9 Å². The number of anilines is 1. The Morgan fingerprint density at radius 1 is 1.10 bits per heavy atom. The predicted molar refractivity (Wildman–Crippen MR) is 94.0 cm³/mol. The van der Waals surface area contributed by atoms with E-state index in [1.54, 1.807) is 11.1 Å². The Morgan fingerprint density at radius 2 is 1.90 bits per heavy atom. The number of nitrogens with one attached hydrogen (secondary N) is 1. The van der Waals surface area contributed by atoms with E-state index in [1.165, 1.54) is 36.1 Å². The monoisotopic (exact) mass is 343 g/mol. The maximum Gasteiger partial charge on any atom is 0.0485 e. The molecule has 2 aromatic rings. The second-order valence-electron chi connectivity index (χ2n) is 5.90. The fourth-order valence-electron chi connectivity index (χ4n) is 3.17. The molecule has 0 spiro atoms. The van der Waals surface area contributed by atoms with Crippen LogP contribution in [0, 0.1) is 0 Å². The summed E-state index contributed by atoms with van der Waals surface area (Å²) in [5, 5.41) is 3.68. The summed E-state index contributed by atoms with van der Waals surface area (Å²) in [6, 6.07) is 13.8. The molecule has 1 aliphatic carbocycles. The van der Waals surface area contributed by atoms with Gasteiger partial charge in [-0.05, 0) is 73.1 Å². The number of halogens is 1. The van der Waals surface area contributed by atoms with Crippen molar-refractivity contribution in [2.24, 2.45) is 0 Å². The van der Waals surface area contributed by atoms with Crippen LogP contribution in [-0.4, -0.2) is 0 Å². The van der Waals surface area contributed by atoms with Crippen molar-refractivity contribution >= 4 is 21.6 Å². The van der Waals surface area contributed by atoms with Crippen LogP contribution < -0.4 is 5.32 Å². The fraction of sp³-hybridized carbons (Fsp3) is 0.368. The van der Waals surface area contributed by atoms with Crippen LogP contribution in [0.3, 0.4) is 0 Å². The maximum absolute atomic E-state index is 3.68. The van der Waals surface area contributed by atoms with E-state index in [4.69, 9.17) is 0 Å². The van der Waals surface area contributed by atoms with Crippen LogP contribution in [0.25, 0.3) is 0 Å². The molecular weight excluding hydrogens is 322 g/mol. The maximum atomic E-state index is 3.68. The molecule has 0 bridgehead atoms. The Morgan fingerprint density at radius 3 is 2.71 bits per heavy atom. The third-order valence-corrected chi connectivity index (χ3v) is 4.94. The molecule has 0 saturated heterocycles. The van der Waals surface area contributed by atoms with Crippen molar-refractivity contribution in [3.8, 4) is 0 Å². The van der Waals surface area contributed by atoms with Crippen LogP contribution in [0.5, 0.6) is 0 Å². The summed E-state index contributed by atoms with van der Waals surface area (Å²) in [6.07, 6.45) is 4.85. The second-order valence-corrected chi connectivity index (χ2v) is 6.82. The predicted octanol–water partition coefficient (Wildman–Crippen LogP) is 5.67. The van der Waals surface area contributed by atoms with Crippen molar-refractivity contribution in [2.75, 3.05) is 5.32 Å². The number of benzene rings is 2. The second kappa shape index (κ2) is 6.23. The summed E-state index contributed by atoms with van der Waals surface area (Å²) < 4.78 is 1.15. The largest absolute Gasteiger partial charge is 0.378 e. The van der Waals surface area contributed by atoms with E-state index in [2.05, 4.69) is 71.5 Å². The van der Waals surface area contributed by atoms with Gasteiger partial charge in [0.25, 0.3) is 0 Å². The van der Waals surface area contributed by atoms with Gasteiger partial charge in [-0.15, -0.1) is 0 Å². The van der Waals surface area contributed by atoms with Gasteiger partial charge in [0.05, 0.1) is 0 Å². The van der Waals surface area contributed by atoms with Crippen molar-refractivity contribution in [1.29, 1.82) is 0 Å². The first-order chi connectivity index (χ1) is 10.2. The molecule has 2 heteroatoms. The molecule has 1 atom stereocenters. The van der Waals surface area contributed by atoms with Crippen molar-refractivity contribution < 1.29 is 0 Å². The lowest BCUT2D eigenvalue weighted by Gasteiger charge is -2.19. The van der Waals surface area contributed by atoms with E-state index in [0.29, 0.717) is 6.04 Å². The van der Waals surface area contributed by atoms with Gasteiger partial charge >= 0.3 is 0 Å². The zero-order valence-corrected chi connectivity index (χ0v) is 14.3. The van der Waals surface area contributed by atoms with Crippen LogP contribution in [0.2, 0.25) is 0 Å². The molecule has 0 fully saturated rings. The van der Waals surface area contributed by atoms with Gasteiger partial charge in [-0.1, -0.05) is 41.1 Å². The van der Waals surface area contributed by atoms with E-state index in [0.717, 1.165) is 10.9 Å². The van der Waals surface area contributed by atoms with E-state index < -0.39 is 0 Å². The molecule has 1 N–H and O–H groups in total. The topological polar surface area (TPSA) is 12.0 Å². The number of aryl methyl sites for hydroxylation is 3. The minimum Gasteiger partial charge on any atom is -0.378 e. The van der Waals surface area contributed by atoms with Gasteiger partial charge < -0.3 is 5.32 Å². The fourth-order valence-corrected chi connectivity index (χ4v) is 3.58. The molecule has 0 heterocycles. The minimum absolute atomic E-state index is 0.336. The first-order valence-corrected chi connectivity index (χ1v) is 8.63. The summed E-state index contributed by atoms with van der Waals surface area (Å²) in [6.45, 7) is 4.45. The summed E-state index contributed by atoms with van der Waals surface area (Å²) in [4.78, 5) is 0. The molecule has 3 rings (SSSR count). The highest BCUT2D eigenvalue weighted by atomic mass is 79.9. The summed E-state index contributed by atoms with van der Waals surface area (Å²) >= 11 is 3.55. The third-order valence-electron chi connectivity index (χ3n) is 4.44. The molecule has 1 unspecified atom stereocenters. The number of hydrogen-bond acceptors (Lipinski definition) is 1. The average molecular weight is 344 g/mol. The molecular formula is C19H22BrN. The Kier molecular flexibility index (Phi) is 4.34. The van der Waals surface area contributed by atoms with E-state index in [1.807, 2.05) is 0 Å². The lowest BCUT2D eigenvalue weighted by Crippen LogP contribution is -2.08. The Hall–Kier alpha value is -1.28. The van der Waals surface area contributed by atoms with Crippen molar-refractivity contribution in [2.45, 2.75) is 45.6 Å². The standard InChI is InChI=1S/C19H22BrN/c1-3-14-12-18(20)9-10-19(14)21-13(2)16-8-7-15-5-4-6-17(15)11-16/h7-13,21H,3-6H2,1-2H3. The zero-order chi connectivity index (χ0) is 14.8. The van der Waals surface area contributed by atoms with Gasteiger partial charge in [-0.25, -0.2) is 0 Å². The number of rotatable bonds is 4. The lowest BCUT2D eigenvalue weighted by atomic mass is 10.0. The first-order valence-electron chi connectivity index (χ1n) is 7.84. The molecule has 0 aromatic heterocycles. The molecule has 0 amide bonds. The van der Waals surface area contributed by atoms with Crippen molar-refractivity contribution in [1.82, 2.24) is 0 Å². The molecule has 0 saturated carbocycles. The van der Waals surface area contributed by atoms with E-state index in [-0.39, 0.29) is 0 Å². The smallest absolute Gasteiger partial charge is 0.0485 e. The Balaban J connectivity index is 1.81. The van der Waals surface area contributed by atoms with Crippen LogP contribution in [0.1, 0.15) is 48.6 Å². The quantitative estimate of drug-likeness (QED) is 0.753. The molecule has 0 radical (unpaired) electrons. The molecule has 110 valence electrons. The van der Waals surface area contributed by atoms with Gasteiger partial charge in [0.1, 0.15) is 0 Å². The van der Waals surface area contributed by atoms with Gasteiger partial charge in [-0.2, -0.15) is 0 Å². The highest BCUT2D eigenvalue weighted by molar-refractivity contribution is 9.10. The van der Waals surface area contributed by atoms with Crippen LogP contribution >= 0.6 is 15.9 Å². The van der Waals surface area contributed by atoms with E-state index >= 15 is 0 Å². The third kappa shape index (κ3) is 3.16. The molecule has 2 aromatic carbocycles. The van der Waals surface area contributed by atoms with E-state index in [9.17, 15) is 0 Å². The van der Waals surface area contributed by atoms with Crippen molar-refractivity contribution in [3.05, 3.63) is 63.1 Å². The van der Waals surface area contributed by atoms with Crippen LogP contribution in [-0.2, 0) is 19.3 Å². The van der Waals surface area contributed by atoms with Crippen LogP contribution in [0.4, 0.5) is 5.69 Å². The summed E-state index contributed by atoms with van der Waals surface area (Å²) in [7, 11) is 0. The summed E-state index contributed by atoms with van der Waals surface area (Å²) in [5.74, 6) is 0. The van der Waals surface area contributed by atoms with Gasteiger partial charge in [0, 0.05) is 16.2 Å². The summed E-state index contributed by atoms with van der Waals surface area (Å²) in [5.41, 5.74) is 7.09. The average Bonchev–Trinajstić information content (AvgIpc) is 2.96. The molecule has 1 nitrogen and oxygen atoms in total. The molecule has 0 aliphatic heterocycles. The zero-order valence-electron chi connectivity index (χ0n) is 12.7. The highest BCUT2D eigenvalue weighted by Crippen LogP contribution is 2.29. The van der Waals surface area contributed by atoms with Gasteiger partial charge in [0.15, 0.2) is 0 Å². The molecule has 1 aliphatic rings. The lowest BCUT2D eigenvalue weighted by molar-refractivity contribution is 0.874.